The first-order valence-electron chi connectivity index (χ1n) is 5.52. The fourth-order valence-corrected chi connectivity index (χ4v) is 2.26. The third-order valence-corrected chi connectivity index (χ3v) is 3.30. The quantitative estimate of drug-likeness (QED) is 0.794. The average molecular weight is 269 g/mol. The smallest absolute Gasteiger partial charge is 0.257 e. The summed E-state index contributed by atoms with van der Waals surface area (Å²) in [5, 5.41) is 3.78. The molecule has 17 heavy (non-hydrogen) atoms. The maximum atomic E-state index is 11.9. The summed E-state index contributed by atoms with van der Waals surface area (Å²) in [7, 11) is 0. The van der Waals surface area contributed by atoms with Crippen molar-refractivity contribution in [1.29, 1.82) is 0 Å². The number of nitrogens with one attached hydrogen (secondary N) is 1. The van der Waals surface area contributed by atoms with E-state index in [1.165, 1.54) is 0 Å². The van der Waals surface area contributed by atoms with Crippen molar-refractivity contribution in [3.05, 3.63) is 34.9 Å². The van der Waals surface area contributed by atoms with Gasteiger partial charge in [0.15, 0.2) is 5.11 Å². The van der Waals surface area contributed by atoms with Gasteiger partial charge in [0, 0.05) is 23.7 Å². The van der Waals surface area contributed by atoms with E-state index in [4.69, 9.17) is 23.8 Å². The predicted molar refractivity (Wildman–Crippen MR) is 72.3 cm³/mol. The molecule has 0 aromatic heterocycles. The van der Waals surface area contributed by atoms with Crippen LogP contribution >= 0.6 is 23.8 Å². The number of halogens is 1. The zero-order valence-corrected chi connectivity index (χ0v) is 10.9. The summed E-state index contributed by atoms with van der Waals surface area (Å²) in [6.45, 7) is 1.85. The molecule has 1 heterocycles. The van der Waals surface area contributed by atoms with Crippen LogP contribution < -0.4 is 5.32 Å². The number of carbonyl (C=O) groups is 1. The maximum absolute atomic E-state index is 11.9. The SMILES string of the molecule is O=C(NC(=S)N1CCCC1)c1cccc(Cl)c1. The number of benzene rings is 1. The molecule has 0 spiro atoms. The van der Waals surface area contributed by atoms with Crippen LogP contribution in [0.25, 0.3) is 0 Å². The molecule has 1 amide bonds. The monoisotopic (exact) mass is 268 g/mol. The van der Waals surface area contributed by atoms with E-state index in [-0.39, 0.29) is 5.91 Å². The largest absolute Gasteiger partial charge is 0.349 e. The molecule has 1 saturated heterocycles. The molecule has 0 saturated carbocycles. The van der Waals surface area contributed by atoms with E-state index >= 15 is 0 Å². The van der Waals surface area contributed by atoms with Crippen molar-refractivity contribution in [3.63, 3.8) is 0 Å². The molecule has 0 radical (unpaired) electrons. The van der Waals surface area contributed by atoms with Gasteiger partial charge in [-0.25, -0.2) is 0 Å². The Kier molecular flexibility index (Phi) is 3.97. The molecule has 1 aliphatic heterocycles. The lowest BCUT2D eigenvalue weighted by molar-refractivity contribution is 0.0974. The molecular formula is C12H13ClN2OS. The Morgan fingerprint density at radius 1 is 1.35 bits per heavy atom. The second-order valence-electron chi connectivity index (χ2n) is 3.96. The summed E-state index contributed by atoms with van der Waals surface area (Å²) in [6.07, 6.45) is 2.26. The Morgan fingerprint density at radius 3 is 2.71 bits per heavy atom. The zero-order chi connectivity index (χ0) is 12.3. The minimum Gasteiger partial charge on any atom is -0.349 e. The van der Waals surface area contributed by atoms with Crippen molar-refractivity contribution in [3.8, 4) is 0 Å². The van der Waals surface area contributed by atoms with E-state index < -0.39 is 0 Å². The van der Waals surface area contributed by atoms with Gasteiger partial charge in [-0.15, -0.1) is 0 Å². The summed E-state index contributed by atoms with van der Waals surface area (Å²) >= 11 is 11.0. The van der Waals surface area contributed by atoms with Crippen LogP contribution in [0.15, 0.2) is 24.3 Å². The minimum absolute atomic E-state index is 0.204. The topological polar surface area (TPSA) is 32.3 Å². The van der Waals surface area contributed by atoms with Gasteiger partial charge in [0.25, 0.3) is 5.91 Å². The summed E-state index contributed by atoms with van der Waals surface area (Å²) in [5.41, 5.74) is 0.527. The van der Waals surface area contributed by atoms with Gasteiger partial charge in [-0.1, -0.05) is 17.7 Å². The first-order valence-corrected chi connectivity index (χ1v) is 6.31. The lowest BCUT2D eigenvalue weighted by Crippen LogP contribution is -2.41. The average Bonchev–Trinajstić information content (AvgIpc) is 2.82. The van der Waals surface area contributed by atoms with E-state index in [1.807, 2.05) is 4.90 Å². The third kappa shape index (κ3) is 3.17. The minimum atomic E-state index is -0.204. The molecule has 1 N–H and O–H groups in total. The molecule has 0 unspecified atom stereocenters. The number of nitrogens with zero attached hydrogens (tertiary/aromatic N) is 1. The second-order valence-corrected chi connectivity index (χ2v) is 4.79. The molecule has 5 heteroatoms. The number of hydrogen-bond donors (Lipinski definition) is 1. The molecule has 1 aromatic carbocycles. The van der Waals surface area contributed by atoms with E-state index in [0.29, 0.717) is 15.7 Å². The molecule has 1 fully saturated rings. The first-order chi connectivity index (χ1) is 8.16. The lowest BCUT2D eigenvalue weighted by atomic mass is 10.2. The highest BCUT2D eigenvalue weighted by molar-refractivity contribution is 7.80. The predicted octanol–water partition coefficient (Wildman–Crippen LogP) is 2.45. The highest BCUT2D eigenvalue weighted by atomic mass is 35.5. The molecule has 0 atom stereocenters. The van der Waals surface area contributed by atoms with Crippen LogP contribution in [0.3, 0.4) is 0 Å². The fourth-order valence-electron chi connectivity index (χ4n) is 1.80. The Bertz CT molecular complexity index is 444. The highest BCUT2D eigenvalue weighted by Gasteiger charge is 2.17. The van der Waals surface area contributed by atoms with Crippen molar-refractivity contribution >= 4 is 34.8 Å². The highest BCUT2D eigenvalue weighted by Crippen LogP contribution is 2.11. The van der Waals surface area contributed by atoms with Crippen molar-refractivity contribution in [2.45, 2.75) is 12.8 Å². The van der Waals surface area contributed by atoms with Gasteiger partial charge in [0.1, 0.15) is 0 Å². The van der Waals surface area contributed by atoms with Crippen LogP contribution in [0, 0.1) is 0 Å². The van der Waals surface area contributed by atoms with Crippen LogP contribution in [0.2, 0.25) is 5.02 Å². The number of likely N-dealkylation sites (tertiary alicyclic amines) is 1. The van der Waals surface area contributed by atoms with Crippen LogP contribution in [-0.2, 0) is 0 Å². The van der Waals surface area contributed by atoms with E-state index in [0.717, 1.165) is 25.9 Å². The van der Waals surface area contributed by atoms with Crippen molar-refractivity contribution < 1.29 is 4.79 Å². The van der Waals surface area contributed by atoms with Gasteiger partial charge < -0.3 is 4.90 Å². The lowest BCUT2D eigenvalue weighted by Gasteiger charge is -2.18. The van der Waals surface area contributed by atoms with E-state index in [2.05, 4.69) is 5.32 Å². The molecular weight excluding hydrogens is 256 g/mol. The number of carbonyl (C=O) groups excluding carboxylic acids is 1. The van der Waals surface area contributed by atoms with Crippen molar-refractivity contribution in [2.24, 2.45) is 0 Å². The van der Waals surface area contributed by atoms with Gasteiger partial charge in [-0.3, -0.25) is 10.1 Å². The number of amides is 1. The van der Waals surface area contributed by atoms with Crippen molar-refractivity contribution in [1.82, 2.24) is 10.2 Å². The Balaban J connectivity index is 1.99. The molecule has 3 nitrogen and oxygen atoms in total. The fraction of sp³-hybridized carbons (Fsp3) is 0.333. The summed E-state index contributed by atoms with van der Waals surface area (Å²) in [6, 6.07) is 6.82. The number of rotatable bonds is 1. The Hall–Kier alpha value is -1.13. The number of thiocarbonyl (C=S) groups is 1. The summed E-state index contributed by atoms with van der Waals surface area (Å²) in [4.78, 5) is 13.9. The molecule has 0 aliphatic carbocycles. The maximum Gasteiger partial charge on any atom is 0.257 e. The molecule has 0 bridgehead atoms. The molecule has 2 rings (SSSR count). The Labute approximate surface area is 111 Å². The van der Waals surface area contributed by atoms with Gasteiger partial charge in [-0.2, -0.15) is 0 Å². The third-order valence-electron chi connectivity index (χ3n) is 2.70. The van der Waals surface area contributed by atoms with Gasteiger partial charge in [-0.05, 0) is 43.3 Å². The molecule has 1 aromatic rings. The normalized spacial score (nSPS) is 14.8. The van der Waals surface area contributed by atoms with Crippen LogP contribution in [0.5, 0.6) is 0 Å². The van der Waals surface area contributed by atoms with Crippen LogP contribution in [-0.4, -0.2) is 29.0 Å². The van der Waals surface area contributed by atoms with E-state index in [1.54, 1.807) is 24.3 Å². The second kappa shape index (κ2) is 5.47. The zero-order valence-electron chi connectivity index (χ0n) is 9.28. The first kappa shape index (κ1) is 12.3. The summed E-state index contributed by atoms with van der Waals surface area (Å²) in [5.74, 6) is -0.204. The van der Waals surface area contributed by atoms with Gasteiger partial charge in [0.05, 0.1) is 0 Å². The van der Waals surface area contributed by atoms with Crippen LogP contribution in [0.4, 0.5) is 0 Å². The van der Waals surface area contributed by atoms with Crippen LogP contribution in [0.1, 0.15) is 23.2 Å². The molecule has 90 valence electrons. The Morgan fingerprint density at radius 2 is 2.06 bits per heavy atom. The summed E-state index contributed by atoms with van der Waals surface area (Å²) < 4.78 is 0. The van der Waals surface area contributed by atoms with Crippen molar-refractivity contribution in [2.75, 3.05) is 13.1 Å². The standard InChI is InChI=1S/C12H13ClN2OS/c13-10-5-3-4-9(8-10)11(16)14-12(17)15-6-1-2-7-15/h3-5,8H,1-2,6-7H2,(H,14,16,17). The van der Waals surface area contributed by atoms with E-state index in [9.17, 15) is 4.79 Å². The number of hydrogen-bond acceptors (Lipinski definition) is 2. The molecule has 1 aliphatic rings. The van der Waals surface area contributed by atoms with Gasteiger partial charge in [0.2, 0.25) is 0 Å². The van der Waals surface area contributed by atoms with Gasteiger partial charge >= 0.3 is 0 Å².